The van der Waals surface area contributed by atoms with Gasteiger partial charge in [0.1, 0.15) is 35.3 Å². The number of esters is 1. The number of para-hydroxylation sites is 1. The maximum absolute atomic E-state index is 14.1. The Kier molecular flexibility index (Phi) is 9.36. The van der Waals surface area contributed by atoms with Gasteiger partial charge in [0, 0.05) is 6.20 Å². The summed E-state index contributed by atoms with van der Waals surface area (Å²) in [5.74, 6) is -1.31. The molecule has 2 heterocycles. The average Bonchev–Trinajstić information content (AvgIpc) is 3.08. The first kappa shape index (κ1) is 29.1. The van der Waals surface area contributed by atoms with Crippen molar-refractivity contribution in [2.75, 3.05) is 25.2 Å². The number of halogens is 2. The van der Waals surface area contributed by atoms with E-state index in [0.717, 1.165) is 4.57 Å². The molecule has 37 heavy (non-hydrogen) atoms. The maximum Gasteiger partial charge on any atom is 0.380 e. The van der Waals surface area contributed by atoms with E-state index in [0.29, 0.717) is 0 Å². The van der Waals surface area contributed by atoms with Crippen molar-refractivity contribution in [1.82, 2.24) is 9.55 Å². The third-order valence-corrected chi connectivity index (χ3v) is 8.08. The van der Waals surface area contributed by atoms with Crippen LogP contribution in [0.15, 0.2) is 47.4 Å². The van der Waals surface area contributed by atoms with Crippen LogP contribution in [-0.4, -0.2) is 63.3 Å². The minimum atomic E-state index is -4.06. The molecule has 11 nitrogen and oxygen atoms in total. The molecule has 3 rings (SSSR count). The molecule has 6 atom stereocenters. The normalized spacial score (nSPS) is 26.0. The molecule has 0 spiro atoms. The zero-order valence-electron chi connectivity index (χ0n) is 20.5. The predicted molar refractivity (Wildman–Crippen MR) is 133 cm³/mol. The van der Waals surface area contributed by atoms with Crippen LogP contribution in [0.2, 0.25) is 0 Å². The summed E-state index contributed by atoms with van der Waals surface area (Å²) in [6, 6.07) is 9.44. The third-order valence-electron chi connectivity index (χ3n) is 5.54. The molecule has 0 radical (unpaired) electrons. The summed E-state index contributed by atoms with van der Waals surface area (Å²) in [7, 11) is -4.06. The highest BCUT2D eigenvalue weighted by Crippen LogP contribution is 2.51. The van der Waals surface area contributed by atoms with Gasteiger partial charge < -0.3 is 24.8 Å². The number of alkyl halides is 2. The number of hydrogen-bond donors (Lipinski definition) is 2. The minimum absolute atomic E-state index is 0.0655. The van der Waals surface area contributed by atoms with Crippen LogP contribution in [-0.2, 0) is 23.4 Å². The number of rotatable bonds is 11. The second-order valence-corrected chi connectivity index (χ2v) is 11.7. The first-order valence-corrected chi connectivity index (χ1v) is 13.6. The van der Waals surface area contributed by atoms with E-state index in [9.17, 15) is 23.7 Å². The molecule has 1 aliphatic rings. The van der Waals surface area contributed by atoms with E-state index in [1.54, 1.807) is 44.2 Å². The Bertz CT molecular complexity index is 1190. The van der Waals surface area contributed by atoms with E-state index >= 15 is 0 Å². The summed E-state index contributed by atoms with van der Waals surface area (Å²) in [5.41, 5.74) is 4.64. The average molecular weight is 562 g/mol. The Morgan fingerprint density at radius 3 is 2.59 bits per heavy atom. The van der Waals surface area contributed by atoms with Crippen LogP contribution in [0.3, 0.4) is 0 Å². The molecular formula is C23H30ClFN3O8P. The van der Waals surface area contributed by atoms with E-state index < -0.39 is 61.8 Å². The summed E-state index contributed by atoms with van der Waals surface area (Å²) in [5, 5.41) is 10.8. The molecule has 1 saturated heterocycles. The number of nitrogens with two attached hydrogens (primary N) is 1. The Morgan fingerprint density at radius 1 is 1.32 bits per heavy atom. The molecule has 1 aromatic heterocycles. The molecule has 1 aliphatic heterocycles. The maximum atomic E-state index is 14.1. The van der Waals surface area contributed by atoms with Crippen molar-refractivity contribution in [2.45, 2.75) is 50.2 Å². The number of nitrogen functional groups attached to an aromatic ring is 1. The van der Waals surface area contributed by atoms with Crippen LogP contribution >= 0.6 is 19.2 Å². The highest BCUT2D eigenvalue weighted by atomic mass is 35.5. The van der Waals surface area contributed by atoms with Crippen LogP contribution < -0.4 is 15.9 Å². The quantitative estimate of drug-likeness (QED) is 0.238. The van der Waals surface area contributed by atoms with Gasteiger partial charge >= 0.3 is 19.3 Å². The van der Waals surface area contributed by atoms with Gasteiger partial charge in [0.05, 0.1) is 24.8 Å². The molecule has 1 unspecified atom stereocenters. The van der Waals surface area contributed by atoms with Gasteiger partial charge in [-0.1, -0.05) is 25.1 Å². The van der Waals surface area contributed by atoms with Crippen LogP contribution in [0.4, 0.5) is 10.2 Å². The number of nitrogens with zero attached hydrogens (tertiary/aromatic N) is 2. The molecule has 0 amide bonds. The molecule has 0 aliphatic carbocycles. The van der Waals surface area contributed by atoms with Crippen molar-refractivity contribution >= 4 is 31.0 Å². The van der Waals surface area contributed by atoms with Crippen LogP contribution in [0, 0.1) is 5.92 Å². The van der Waals surface area contributed by atoms with Crippen molar-refractivity contribution in [3.05, 3.63) is 53.1 Å². The van der Waals surface area contributed by atoms with Crippen LogP contribution in [0.1, 0.15) is 27.0 Å². The first-order valence-electron chi connectivity index (χ1n) is 11.5. The van der Waals surface area contributed by atoms with Gasteiger partial charge in [0.25, 0.3) is 0 Å². The Morgan fingerprint density at radius 2 is 2.00 bits per heavy atom. The predicted octanol–water partition coefficient (Wildman–Crippen LogP) is 2.91. The fraction of sp³-hybridized carbons (Fsp3) is 0.522. The lowest BCUT2D eigenvalue weighted by atomic mass is 10.00. The second kappa shape index (κ2) is 11.9. The number of aliphatic hydroxyl groups excluding tert-OH is 1. The van der Waals surface area contributed by atoms with E-state index in [1.807, 2.05) is 0 Å². The van der Waals surface area contributed by atoms with E-state index in [2.05, 4.69) is 4.98 Å². The molecule has 0 saturated carbocycles. The largest absolute Gasteiger partial charge is 0.463 e. The van der Waals surface area contributed by atoms with Crippen molar-refractivity contribution in [2.24, 2.45) is 5.92 Å². The highest BCUT2D eigenvalue weighted by molar-refractivity contribution is 7.54. The lowest BCUT2D eigenvalue weighted by Crippen LogP contribution is -2.46. The number of carbonyl (C=O) groups is 1. The van der Waals surface area contributed by atoms with E-state index in [4.69, 9.17) is 35.9 Å². The lowest BCUT2D eigenvalue weighted by Gasteiger charge is -2.27. The molecule has 2 aromatic rings. The number of aliphatic hydroxyl groups is 1. The molecule has 1 aromatic carbocycles. The molecule has 14 heteroatoms. The number of anilines is 1. The number of carbonyl (C=O) groups excluding carboxylic acids is 1. The molecule has 0 bridgehead atoms. The monoisotopic (exact) mass is 561 g/mol. The Balaban J connectivity index is 1.82. The number of benzene rings is 1. The first-order chi connectivity index (χ1) is 17.4. The summed E-state index contributed by atoms with van der Waals surface area (Å²) in [6.07, 6.45) is -3.99. The fourth-order valence-electron chi connectivity index (χ4n) is 3.69. The van der Waals surface area contributed by atoms with Crippen molar-refractivity contribution in [3.8, 4) is 5.75 Å². The topological polar surface area (TPSA) is 152 Å². The molecule has 1 fully saturated rings. The number of ether oxygens (including phenoxy) is 2. The van der Waals surface area contributed by atoms with E-state index in [-0.39, 0.29) is 23.8 Å². The van der Waals surface area contributed by atoms with Crippen molar-refractivity contribution in [3.63, 3.8) is 0 Å². The number of hydrogen-bond acceptors (Lipinski definition) is 10. The summed E-state index contributed by atoms with van der Waals surface area (Å²) in [4.78, 5) is 26.2. The standard InChI is InChI=1S/C23H30ClFN3O8P/c1-14(2)34-20(30)15(3)12-37(32,36-16-7-5-4-6-8-16)33-11-17-19(29)23(24,13-25)21(35-17)28-10-9-18(26)27-22(28)31/h4-10,14-15,17,19,21,29H,11-13H2,1-3H3,(H2,26,27,31)/t15-,17-,19+,21-,23?,37-/m1/s1. The third kappa shape index (κ3) is 6.88. The smallest absolute Gasteiger partial charge is 0.380 e. The molecular weight excluding hydrogens is 532 g/mol. The van der Waals surface area contributed by atoms with Crippen molar-refractivity contribution < 1.29 is 37.4 Å². The van der Waals surface area contributed by atoms with Gasteiger partial charge in [-0.25, -0.2) is 13.8 Å². The zero-order valence-corrected chi connectivity index (χ0v) is 22.2. The Labute approximate surface area is 218 Å². The van der Waals surface area contributed by atoms with Gasteiger partial charge in [0.15, 0.2) is 6.23 Å². The summed E-state index contributed by atoms with van der Waals surface area (Å²) in [6.45, 7) is 3.05. The van der Waals surface area contributed by atoms with Crippen LogP contribution in [0.25, 0.3) is 0 Å². The van der Waals surface area contributed by atoms with Gasteiger partial charge in [-0.3, -0.25) is 13.9 Å². The lowest BCUT2D eigenvalue weighted by molar-refractivity contribution is -0.151. The highest BCUT2D eigenvalue weighted by Gasteiger charge is 2.57. The molecule has 204 valence electrons. The summed E-state index contributed by atoms with van der Waals surface area (Å²) >= 11 is 6.38. The van der Waals surface area contributed by atoms with E-state index in [1.165, 1.54) is 19.2 Å². The van der Waals surface area contributed by atoms with Gasteiger partial charge in [-0.15, -0.1) is 11.6 Å². The summed E-state index contributed by atoms with van der Waals surface area (Å²) < 4.78 is 50.9. The van der Waals surface area contributed by atoms with Gasteiger partial charge in [0.2, 0.25) is 0 Å². The number of aromatic nitrogens is 2. The van der Waals surface area contributed by atoms with Gasteiger partial charge in [-0.05, 0) is 32.0 Å². The minimum Gasteiger partial charge on any atom is -0.463 e. The Hall–Kier alpha value is -2.50. The van der Waals surface area contributed by atoms with Crippen molar-refractivity contribution in [1.29, 1.82) is 0 Å². The van der Waals surface area contributed by atoms with Gasteiger partial charge in [-0.2, -0.15) is 4.98 Å². The second-order valence-electron chi connectivity index (χ2n) is 8.95. The fourth-order valence-corrected chi connectivity index (χ4v) is 5.86. The zero-order chi connectivity index (χ0) is 27.4. The van der Waals surface area contributed by atoms with Crippen LogP contribution in [0.5, 0.6) is 5.75 Å². The molecule has 3 N–H and O–H groups in total. The SMILES string of the molecule is CC(C)OC(=O)[C@H](C)C[P@@](=O)(OC[C@H]1O[C@@H](n2ccc(N)nc2=O)C(Cl)(CF)[C@H]1O)Oc1ccccc1.